The van der Waals surface area contributed by atoms with E-state index < -0.39 is 0 Å². The molecular weight excluding hydrogens is 385 g/mol. The van der Waals surface area contributed by atoms with E-state index in [0.717, 1.165) is 48.9 Å². The number of halogens is 1. The van der Waals surface area contributed by atoms with E-state index in [-0.39, 0.29) is 5.82 Å². The van der Waals surface area contributed by atoms with Crippen molar-refractivity contribution in [3.05, 3.63) is 76.5 Å². The van der Waals surface area contributed by atoms with Gasteiger partial charge in [-0.15, -0.1) is 0 Å². The van der Waals surface area contributed by atoms with Gasteiger partial charge in [0.2, 0.25) is 0 Å². The number of rotatable bonds is 5. The van der Waals surface area contributed by atoms with Crippen LogP contribution in [0.25, 0.3) is 5.70 Å². The zero-order valence-corrected chi connectivity index (χ0v) is 18.7. The highest BCUT2D eigenvalue weighted by molar-refractivity contribution is 6.02. The van der Waals surface area contributed by atoms with Crippen LogP contribution in [0, 0.1) is 18.7 Å². The number of aliphatic imine (C=N–C) groups is 1. The molecule has 2 fully saturated rings. The molecule has 0 aromatic heterocycles. The third-order valence-corrected chi connectivity index (χ3v) is 7.08. The van der Waals surface area contributed by atoms with Gasteiger partial charge in [0.15, 0.2) is 0 Å². The van der Waals surface area contributed by atoms with E-state index in [1.54, 1.807) is 13.0 Å². The molecule has 0 spiro atoms. The Morgan fingerprint density at radius 1 is 1.19 bits per heavy atom. The number of amidine groups is 1. The molecule has 3 heterocycles. The van der Waals surface area contributed by atoms with Crippen molar-refractivity contribution < 1.29 is 4.39 Å². The molecule has 1 saturated carbocycles. The fraction of sp³-hybridized carbons (Fsp3) is 0.444. The molecule has 5 rings (SSSR count). The third kappa shape index (κ3) is 4.00. The van der Waals surface area contributed by atoms with Crippen molar-refractivity contribution in [2.45, 2.75) is 58.8 Å². The zero-order chi connectivity index (χ0) is 21.4. The fourth-order valence-electron chi connectivity index (χ4n) is 4.89. The third-order valence-electron chi connectivity index (χ3n) is 7.08. The molecule has 162 valence electrons. The van der Waals surface area contributed by atoms with E-state index in [9.17, 15) is 4.39 Å². The van der Waals surface area contributed by atoms with Gasteiger partial charge < -0.3 is 4.90 Å². The maximum Gasteiger partial charge on any atom is 0.137 e. The Labute approximate surface area is 185 Å². The molecule has 1 aliphatic carbocycles. The van der Waals surface area contributed by atoms with Crippen molar-refractivity contribution >= 4 is 11.5 Å². The van der Waals surface area contributed by atoms with Gasteiger partial charge in [-0.3, -0.25) is 4.90 Å². The van der Waals surface area contributed by atoms with E-state index in [2.05, 4.69) is 41.2 Å². The van der Waals surface area contributed by atoms with Crippen LogP contribution in [0.5, 0.6) is 0 Å². The number of hydrogen-bond donors (Lipinski definition) is 0. The summed E-state index contributed by atoms with van der Waals surface area (Å²) in [6, 6.07) is 5.42. The summed E-state index contributed by atoms with van der Waals surface area (Å²) in [5, 5.41) is 0. The van der Waals surface area contributed by atoms with Crippen molar-refractivity contribution in [2.24, 2.45) is 10.9 Å². The Morgan fingerprint density at radius 2 is 2.06 bits per heavy atom. The topological polar surface area (TPSA) is 18.8 Å². The monoisotopic (exact) mass is 417 g/mol. The highest BCUT2D eigenvalue weighted by Crippen LogP contribution is 2.38. The summed E-state index contributed by atoms with van der Waals surface area (Å²) in [6.45, 7) is 6.37. The van der Waals surface area contributed by atoms with Gasteiger partial charge in [0.1, 0.15) is 11.7 Å². The quantitative estimate of drug-likeness (QED) is 0.541. The van der Waals surface area contributed by atoms with Gasteiger partial charge in [-0.25, -0.2) is 9.38 Å². The van der Waals surface area contributed by atoms with Gasteiger partial charge in [0, 0.05) is 30.5 Å². The second kappa shape index (κ2) is 8.49. The van der Waals surface area contributed by atoms with E-state index >= 15 is 0 Å². The maximum atomic E-state index is 14.2. The largest absolute Gasteiger partial charge is 0.370 e. The number of aryl methyl sites for hydroxylation is 1. The second-order valence-corrected chi connectivity index (χ2v) is 9.31. The van der Waals surface area contributed by atoms with Gasteiger partial charge in [-0.2, -0.15) is 0 Å². The molecule has 31 heavy (non-hydrogen) atoms. The van der Waals surface area contributed by atoms with Crippen molar-refractivity contribution in [1.29, 1.82) is 0 Å². The lowest BCUT2D eigenvalue weighted by Gasteiger charge is -2.35. The summed E-state index contributed by atoms with van der Waals surface area (Å²) < 4.78 is 14.2. The fourth-order valence-corrected chi connectivity index (χ4v) is 4.89. The van der Waals surface area contributed by atoms with Crippen LogP contribution in [0.15, 0.2) is 64.6 Å². The van der Waals surface area contributed by atoms with E-state index in [1.807, 2.05) is 12.1 Å². The number of unbranched alkanes of at least 4 members (excludes halogenated alkanes) is 1. The van der Waals surface area contributed by atoms with Crippen molar-refractivity contribution in [1.82, 2.24) is 9.80 Å². The van der Waals surface area contributed by atoms with E-state index in [4.69, 9.17) is 4.99 Å². The molecule has 0 amide bonds. The number of fused-ring (bicyclic) bond motifs is 1. The summed E-state index contributed by atoms with van der Waals surface area (Å²) in [6.07, 6.45) is 17.5. The van der Waals surface area contributed by atoms with Crippen LogP contribution in [0.3, 0.4) is 0 Å². The van der Waals surface area contributed by atoms with Gasteiger partial charge in [0.05, 0.1) is 11.4 Å². The molecule has 0 N–H and O–H groups in total. The van der Waals surface area contributed by atoms with Gasteiger partial charge in [-0.05, 0) is 80.4 Å². The smallest absolute Gasteiger partial charge is 0.137 e. The molecule has 4 heteroatoms. The molecule has 1 aromatic rings. The zero-order valence-electron chi connectivity index (χ0n) is 18.7. The van der Waals surface area contributed by atoms with Crippen LogP contribution in [0.2, 0.25) is 0 Å². The first-order valence-electron chi connectivity index (χ1n) is 11.9. The van der Waals surface area contributed by atoms with Crippen LogP contribution >= 0.6 is 0 Å². The molecule has 1 saturated heterocycles. The predicted octanol–water partition coefficient (Wildman–Crippen LogP) is 6.55. The number of benzene rings is 1. The Bertz CT molecular complexity index is 1020. The summed E-state index contributed by atoms with van der Waals surface area (Å²) in [5.41, 5.74) is 6.35. The minimum Gasteiger partial charge on any atom is -0.370 e. The highest BCUT2D eigenvalue weighted by Gasteiger charge is 2.29. The number of allylic oxidation sites excluding steroid dienone is 3. The average molecular weight is 418 g/mol. The molecule has 1 atom stereocenters. The summed E-state index contributed by atoms with van der Waals surface area (Å²) in [4.78, 5) is 9.70. The molecule has 0 unspecified atom stereocenters. The lowest BCUT2D eigenvalue weighted by atomic mass is 9.88. The summed E-state index contributed by atoms with van der Waals surface area (Å²) >= 11 is 0. The molecule has 0 radical (unpaired) electrons. The normalized spacial score (nSPS) is 22.8. The minimum absolute atomic E-state index is 0.174. The average Bonchev–Trinajstić information content (AvgIpc) is 3.21. The number of nitrogens with zero attached hydrogens (tertiary/aromatic N) is 3. The molecule has 4 aliphatic rings. The van der Waals surface area contributed by atoms with Crippen LogP contribution in [0.4, 0.5) is 4.39 Å². The number of likely N-dealkylation sites (tertiary alicyclic amines) is 1. The lowest BCUT2D eigenvalue weighted by Crippen LogP contribution is -2.33. The lowest BCUT2D eigenvalue weighted by molar-refractivity contribution is 0.394. The first kappa shape index (κ1) is 20.3. The predicted molar refractivity (Wildman–Crippen MR) is 126 cm³/mol. The Morgan fingerprint density at radius 3 is 2.81 bits per heavy atom. The number of hydrogen-bond acceptors (Lipinski definition) is 3. The van der Waals surface area contributed by atoms with E-state index in [1.165, 1.54) is 49.1 Å². The summed E-state index contributed by atoms with van der Waals surface area (Å²) in [5.74, 6) is 1.57. The molecule has 3 aliphatic heterocycles. The van der Waals surface area contributed by atoms with Crippen molar-refractivity contribution in [3.63, 3.8) is 0 Å². The van der Waals surface area contributed by atoms with Crippen molar-refractivity contribution in [3.8, 4) is 0 Å². The van der Waals surface area contributed by atoms with Crippen LogP contribution in [0.1, 0.15) is 63.0 Å². The minimum atomic E-state index is -0.174. The maximum absolute atomic E-state index is 14.2. The Balaban J connectivity index is 1.43. The van der Waals surface area contributed by atoms with E-state index in [0.29, 0.717) is 5.56 Å². The molecule has 1 aromatic carbocycles. The van der Waals surface area contributed by atoms with Gasteiger partial charge >= 0.3 is 0 Å². The second-order valence-electron chi connectivity index (χ2n) is 9.31. The Kier molecular flexibility index (Phi) is 5.56. The molecule has 0 bridgehead atoms. The standard InChI is InChI=1S/C27H32FN3/c1-3-4-6-20-13-14-30(17-20)23-11-12-27-29-25(22-10-9-19(2)24(28)15-22)16-26(31(27)18-23)21-7-5-8-21/h9-12,15-16,18,20H,3-8,13-14,17H2,1-2H3/t20-/m0/s1. The highest BCUT2D eigenvalue weighted by atomic mass is 19.1. The first-order chi connectivity index (χ1) is 15.1. The Hall–Kier alpha value is -2.62. The molecular formula is C27H32FN3. The van der Waals surface area contributed by atoms with Gasteiger partial charge in [-0.1, -0.05) is 31.9 Å². The van der Waals surface area contributed by atoms with Crippen LogP contribution < -0.4 is 0 Å². The SMILES string of the molecule is CCCC[C@H]1CCN(C2=CN3C(=NC(c4ccc(C)c(F)c4)=CC3=C3CCC3)C=C2)C1. The summed E-state index contributed by atoms with van der Waals surface area (Å²) in [7, 11) is 0. The first-order valence-corrected chi connectivity index (χ1v) is 11.9. The van der Waals surface area contributed by atoms with Crippen LogP contribution in [-0.2, 0) is 0 Å². The van der Waals surface area contributed by atoms with Crippen LogP contribution in [-0.4, -0.2) is 28.7 Å². The van der Waals surface area contributed by atoms with Gasteiger partial charge in [0.25, 0.3) is 0 Å². The molecule has 3 nitrogen and oxygen atoms in total. The van der Waals surface area contributed by atoms with Crippen molar-refractivity contribution in [2.75, 3.05) is 13.1 Å².